The number of methoxy groups -OCH3 is 1. The monoisotopic (exact) mass is 349 g/mol. The van der Waals surface area contributed by atoms with Crippen molar-refractivity contribution < 1.29 is 4.74 Å². The molecule has 0 fully saturated rings. The van der Waals surface area contributed by atoms with E-state index in [4.69, 9.17) is 33.7 Å². The Hall–Kier alpha value is -1.59. The molecule has 3 aromatic rings. The van der Waals surface area contributed by atoms with Crippen LogP contribution in [0.15, 0.2) is 36.7 Å². The first-order chi connectivity index (χ1) is 11.1. The van der Waals surface area contributed by atoms with Gasteiger partial charge in [0, 0.05) is 53.6 Å². The van der Waals surface area contributed by atoms with Crippen molar-refractivity contribution in [2.24, 2.45) is 5.73 Å². The third-order valence-electron chi connectivity index (χ3n) is 3.73. The summed E-state index contributed by atoms with van der Waals surface area (Å²) in [6.07, 6.45) is 4.78. The van der Waals surface area contributed by atoms with Gasteiger partial charge < -0.3 is 14.9 Å². The van der Waals surface area contributed by atoms with Crippen molar-refractivity contribution in [3.63, 3.8) is 0 Å². The van der Waals surface area contributed by atoms with Crippen LogP contribution >= 0.6 is 23.2 Å². The van der Waals surface area contributed by atoms with Crippen LogP contribution < -0.4 is 5.73 Å². The lowest BCUT2D eigenvalue weighted by molar-refractivity contribution is 0.201. The maximum absolute atomic E-state index is 6.35. The predicted molar refractivity (Wildman–Crippen MR) is 94.1 cm³/mol. The Morgan fingerprint density at radius 1 is 1.17 bits per heavy atom. The summed E-state index contributed by atoms with van der Waals surface area (Å²) in [5.74, 6) is 0. The van der Waals surface area contributed by atoms with E-state index in [2.05, 4.69) is 4.98 Å². The van der Waals surface area contributed by atoms with Crippen molar-refractivity contribution in [1.82, 2.24) is 9.38 Å². The fourth-order valence-electron chi connectivity index (χ4n) is 2.57. The molecule has 0 aliphatic heterocycles. The van der Waals surface area contributed by atoms with Crippen LogP contribution in [0, 0.1) is 0 Å². The number of hydrogen-bond acceptors (Lipinski definition) is 3. The first-order valence-electron chi connectivity index (χ1n) is 7.27. The van der Waals surface area contributed by atoms with E-state index in [0.29, 0.717) is 23.2 Å². The number of imidazole rings is 1. The van der Waals surface area contributed by atoms with Gasteiger partial charge in [0.05, 0.1) is 12.3 Å². The molecule has 0 bridgehead atoms. The van der Waals surface area contributed by atoms with Crippen molar-refractivity contribution in [2.75, 3.05) is 13.7 Å². The van der Waals surface area contributed by atoms with E-state index in [9.17, 15) is 0 Å². The Morgan fingerprint density at radius 2 is 2.00 bits per heavy atom. The Morgan fingerprint density at radius 3 is 2.70 bits per heavy atom. The largest absolute Gasteiger partial charge is 0.384 e. The molecular weight excluding hydrogens is 333 g/mol. The van der Waals surface area contributed by atoms with E-state index < -0.39 is 0 Å². The van der Waals surface area contributed by atoms with Crippen LogP contribution in [0.1, 0.15) is 11.3 Å². The molecule has 0 unspecified atom stereocenters. The van der Waals surface area contributed by atoms with Gasteiger partial charge in [0.25, 0.3) is 0 Å². The van der Waals surface area contributed by atoms with Crippen molar-refractivity contribution in [2.45, 2.75) is 13.0 Å². The van der Waals surface area contributed by atoms with Gasteiger partial charge in [-0.3, -0.25) is 0 Å². The summed E-state index contributed by atoms with van der Waals surface area (Å²) >= 11 is 12.3. The highest BCUT2D eigenvalue weighted by atomic mass is 35.5. The van der Waals surface area contributed by atoms with Gasteiger partial charge in [-0.15, -0.1) is 0 Å². The van der Waals surface area contributed by atoms with E-state index in [0.717, 1.165) is 34.5 Å². The van der Waals surface area contributed by atoms with Gasteiger partial charge in [0.1, 0.15) is 5.65 Å². The highest BCUT2D eigenvalue weighted by molar-refractivity contribution is 6.36. The summed E-state index contributed by atoms with van der Waals surface area (Å²) in [4.78, 5) is 4.60. The molecule has 0 aliphatic carbocycles. The van der Waals surface area contributed by atoms with Gasteiger partial charge in [-0.25, -0.2) is 4.98 Å². The number of rotatable bonds is 5. The molecular formula is C17H17Cl2N3O. The maximum atomic E-state index is 6.35. The molecule has 2 aromatic heterocycles. The van der Waals surface area contributed by atoms with Gasteiger partial charge in [0.15, 0.2) is 0 Å². The van der Waals surface area contributed by atoms with Gasteiger partial charge in [-0.2, -0.15) is 0 Å². The smallest absolute Gasteiger partial charge is 0.137 e. The van der Waals surface area contributed by atoms with E-state index >= 15 is 0 Å². The number of benzene rings is 1. The maximum Gasteiger partial charge on any atom is 0.137 e. The number of fused-ring (bicyclic) bond motifs is 1. The second kappa shape index (κ2) is 6.89. The molecule has 0 aliphatic rings. The molecule has 0 radical (unpaired) electrons. The lowest BCUT2D eigenvalue weighted by Crippen LogP contribution is -2.01. The van der Waals surface area contributed by atoms with E-state index in [1.165, 1.54) is 0 Å². The average molecular weight is 350 g/mol. The second-order valence-corrected chi connectivity index (χ2v) is 6.12. The summed E-state index contributed by atoms with van der Waals surface area (Å²) in [7, 11) is 1.68. The Bertz CT molecular complexity index is 845. The standard InChI is InChI=1S/C17H17Cl2N3O/c1-23-5-4-13-9-22-10-15(11(8-20)6-17(22)21-13)14-3-2-12(18)7-16(14)19/h2-3,6-7,9-10H,4-5,8,20H2,1H3. The number of pyridine rings is 1. The zero-order valence-corrected chi connectivity index (χ0v) is 14.2. The SMILES string of the molecule is COCCc1cn2cc(-c3ccc(Cl)cc3Cl)c(CN)cc2n1. The number of hydrogen-bond donors (Lipinski definition) is 1. The van der Waals surface area contributed by atoms with E-state index in [1.807, 2.05) is 35.0 Å². The number of nitrogens with zero attached hydrogens (tertiary/aromatic N) is 2. The topological polar surface area (TPSA) is 52.5 Å². The summed E-state index contributed by atoms with van der Waals surface area (Å²) in [5, 5.41) is 1.21. The van der Waals surface area contributed by atoms with Crippen LogP contribution in [0.5, 0.6) is 0 Å². The minimum atomic E-state index is 0.408. The van der Waals surface area contributed by atoms with E-state index in [1.54, 1.807) is 13.2 Å². The summed E-state index contributed by atoms with van der Waals surface area (Å²) in [6, 6.07) is 7.47. The van der Waals surface area contributed by atoms with Gasteiger partial charge in [0.2, 0.25) is 0 Å². The first-order valence-corrected chi connectivity index (χ1v) is 8.03. The molecule has 4 nitrogen and oxygen atoms in total. The van der Waals surface area contributed by atoms with Crippen molar-refractivity contribution >= 4 is 28.8 Å². The van der Waals surface area contributed by atoms with Crippen LogP contribution in [-0.2, 0) is 17.7 Å². The normalized spacial score (nSPS) is 11.3. The molecule has 0 spiro atoms. The van der Waals surface area contributed by atoms with Crippen molar-refractivity contribution in [3.05, 3.63) is 58.0 Å². The van der Waals surface area contributed by atoms with Gasteiger partial charge in [-0.1, -0.05) is 29.3 Å². The van der Waals surface area contributed by atoms with Crippen LogP contribution in [-0.4, -0.2) is 23.1 Å². The molecule has 0 saturated heterocycles. The molecule has 6 heteroatoms. The number of ether oxygens (including phenoxy) is 1. The van der Waals surface area contributed by atoms with Gasteiger partial charge in [-0.05, 0) is 23.8 Å². The fraction of sp³-hybridized carbons (Fsp3) is 0.235. The van der Waals surface area contributed by atoms with Crippen LogP contribution in [0.3, 0.4) is 0 Å². The molecule has 120 valence electrons. The molecule has 1 aromatic carbocycles. The molecule has 23 heavy (non-hydrogen) atoms. The van der Waals surface area contributed by atoms with Crippen molar-refractivity contribution in [3.8, 4) is 11.1 Å². The van der Waals surface area contributed by atoms with E-state index in [-0.39, 0.29) is 0 Å². The molecule has 3 rings (SSSR count). The quantitative estimate of drug-likeness (QED) is 0.758. The summed E-state index contributed by atoms with van der Waals surface area (Å²) < 4.78 is 7.10. The Labute approximate surface area is 144 Å². The van der Waals surface area contributed by atoms with Gasteiger partial charge >= 0.3 is 0 Å². The molecule has 2 heterocycles. The molecule has 0 atom stereocenters. The molecule has 0 amide bonds. The molecule has 0 saturated carbocycles. The summed E-state index contributed by atoms with van der Waals surface area (Å²) in [5.41, 5.74) is 10.6. The average Bonchev–Trinajstić information content (AvgIpc) is 2.93. The van der Waals surface area contributed by atoms with Crippen LogP contribution in [0.2, 0.25) is 10.0 Å². The lowest BCUT2D eigenvalue weighted by Gasteiger charge is -2.11. The Kier molecular flexibility index (Phi) is 4.87. The third-order valence-corrected chi connectivity index (χ3v) is 4.28. The van der Waals surface area contributed by atoms with Crippen LogP contribution in [0.4, 0.5) is 0 Å². The fourth-order valence-corrected chi connectivity index (χ4v) is 3.08. The number of aromatic nitrogens is 2. The number of nitrogens with two attached hydrogens (primary N) is 1. The Balaban J connectivity index is 2.11. The highest BCUT2D eigenvalue weighted by Crippen LogP contribution is 2.33. The first kappa shape index (κ1) is 16.3. The lowest BCUT2D eigenvalue weighted by atomic mass is 10.0. The minimum Gasteiger partial charge on any atom is -0.384 e. The highest BCUT2D eigenvalue weighted by Gasteiger charge is 2.12. The molecule has 2 N–H and O–H groups in total. The van der Waals surface area contributed by atoms with Crippen molar-refractivity contribution in [1.29, 1.82) is 0 Å². The summed E-state index contributed by atoms with van der Waals surface area (Å²) in [6.45, 7) is 1.05. The zero-order chi connectivity index (χ0) is 16.4. The predicted octanol–water partition coefficient (Wildman–Crippen LogP) is 3.96. The zero-order valence-electron chi connectivity index (χ0n) is 12.7. The van der Waals surface area contributed by atoms with Crippen LogP contribution in [0.25, 0.3) is 16.8 Å². The minimum absolute atomic E-state index is 0.408. The second-order valence-electron chi connectivity index (χ2n) is 5.28. The third kappa shape index (κ3) is 3.35. The number of halogens is 2.